The first-order valence-corrected chi connectivity index (χ1v) is 7.63. The van der Waals surface area contributed by atoms with Crippen LogP contribution in [0, 0.1) is 12.8 Å². The molecule has 0 unspecified atom stereocenters. The van der Waals surface area contributed by atoms with E-state index in [1.807, 2.05) is 25.1 Å². The van der Waals surface area contributed by atoms with Crippen LogP contribution in [-0.4, -0.2) is 11.5 Å². The maximum Gasteiger partial charge on any atom is 0.0727 e. The smallest absolute Gasteiger partial charge is 0.0727 e. The molecule has 1 fully saturated rings. The van der Waals surface area contributed by atoms with Gasteiger partial charge in [-0.1, -0.05) is 25.7 Å². The van der Waals surface area contributed by atoms with Gasteiger partial charge in [0.1, 0.15) is 0 Å². The second kappa shape index (κ2) is 5.70. The molecule has 0 bridgehead atoms. The third kappa shape index (κ3) is 2.87. The zero-order valence-corrected chi connectivity index (χ0v) is 12.2. The molecular weight excluding hydrogens is 246 g/mol. The molecule has 0 spiro atoms. The third-order valence-electron chi connectivity index (χ3n) is 4.30. The van der Waals surface area contributed by atoms with E-state index in [-0.39, 0.29) is 0 Å². The van der Waals surface area contributed by atoms with Crippen molar-refractivity contribution in [3.05, 3.63) is 30.0 Å². The average Bonchev–Trinajstić information content (AvgIpc) is 2.92. The number of nitrogens with zero attached hydrogens (tertiary/aromatic N) is 1. The topological polar surface area (TPSA) is 50.9 Å². The Hall–Kier alpha value is -1.77. The number of rotatable bonds is 4. The number of hydrogen-bond acceptors (Lipinski definition) is 3. The fourth-order valence-corrected chi connectivity index (χ4v) is 3.23. The highest BCUT2D eigenvalue weighted by molar-refractivity contribution is 5.93. The first kappa shape index (κ1) is 13.2. The first-order valence-electron chi connectivity index (χ1n) is 7.63. The molecule has 1 aliphatic carbocycles. The van der Waals surface area contributed by atoms with Gasteiger partial charge in [0.2, 0.25) is 0 Å². The standard InChI is InChI=1S/C17H23N3/c1-12-10-17(19-9-8-13-4-2-3-5-13)15-11-14(18)6-7-16(15)20-12/h6-7,10-11,13H,2-5,8-9,18H2,1H3,(H,19,20). The minimum atomic E-state index is 0.794. The molecule has 106 valence electrons. The maximum absolute atomic E-state index is 5.90. The molecule has 1 aliphatic rings. The van der Waals surface area contributed by atoms with Crippen molar-refractivity contribution < 1.29 is 0 Å². The number of nitrogens with one attached hydrogen (secondary N) is 1. The van der Waals surface area contributed by atoms with Crippen LogP contribution in [0.25, 0.3) is 10.9 Å². The van der Waals surface area contributed by atoms with Gasteiger partial charge in [0.05, 0.1) is 5.52 Å². The van der Waals surface area contributed by atoms with Gasteiger partial charge in [-0.3, -0.25) is 4.98 Å². The summed E-state index contributed by atoms with van der Waals surface area (Å²) in [5, 5.41) is 4.71. The van der Waals surface area contributed by atoms with E-state index in [9.17, 15) is 0 Å². The van der Waals surface area contributed by atoms with Crippen LogP contribution in [0.1, 0.15) is 37.8 Å². The van der Waals surface area contributed by atoms with Crippen molar-refractivity contribution in [2.45, 2.75) is 39.0 Å². The van der Waals surface area contributed by atoms with Crippen LogP contribution in [0.15, 0.2) is 24.3 Å². The molecule has 1 aromatic carbocycles. The van der Waals surface area contributed by atoms with Crippen molar-refractivity contribution in [1.82, 2.24) is 4.98 Å². The van der Waals surface area contributed by atoms with Gasteiger partial charge in [0.25, 0.3) is 0 Å². The largest absolute Gasteiger partial charge is 0.399 e. The van der Waals surface area contributed by atoms with Gasteiger partial charge in [-0.25, -0.2) is 0 Å². The summed E-state index contributed by atoms with van der Waals surface area (Å²) in [6.45, 7) is 3.08. The van der Waals surface area contributed by atoms with Crippen molar-refractivity contribution >= 4 is 22.3 Å². The Kier molecular flexibility index (Phi) is 3.77. The van der Waals surface area contributed by atoms with Gasteiger partial charge in [0, 0.05) is 29.0 Å². The highest BCUT2D eigenvalue weighted by atomic mass is 14.9. The normalized spacial score (nSPS) is 15.8. The number of benzene rings is 1. The van der Waals surface area contributed by atoms with Crippen LogP contribution in [0.2, 0.25) is 0 Å². The molecule has 2 aromatic rings. The van der Waals surface area contributed by atoms with Gasteiger partial charge < -0.3 is 11.1 Å². The van der Waals surface area contributed by atoms with E-state index < -0.39 is 0 Å². The summed E-state index contributed by atoms with van der Waals surface area (Å²) in [5.74, 6) is 0.918. The van der Waals surface area contributed by atoms with Gasteiger partial charge in [0.15, 0.2) is 0 Å². The maximum atomic E-state index is 5.90. The number of anilines is 2. The van der Waals surface area contributed by atoms with Crippen molar-refractivity contribution in [3.63, 3.8) is 0 Å². The second-order valence-corrected chi connectivity index (χ2v) is 5.95. The number of pyridine rings is 1. The quantitative estimate of drug-likeness (QED) is 0.821. The lowest BCUT2D eigenvalue weighted by Gasteiger charge is -2.13. The van der Waals surface area contributed by atoms with Gasteiger partial charge in [-0.05, 0) is 43.5 Å². The van der Waals surface area contributed by atoms with Gasteiger partial charge in [-0.2, -0.15) is 0 Å². The van der Waals surface area contributed by atoms with Crippen LogP contribution in [0.5, 0.6) is 0 Å². The van der Waals surface area contributed by atoms with Crippen molar-refractivity contribution in [3.8, 4) is 0 Å². The molecule has 0 radical (unpaired) electrons. The SMILES string of the molecule is Cc1cc(NCCC2CCCC2)c2cc(N)ccc2n1. The van der Waals surface area contributed by atoms with E-state index in [1.165, 1.54) is 32.1 Å². The van der Waals surface area contributed by atoms with Gasteiger partial charge >= 0.3 is 0 Å². The molecular formula is C17H23N3. The Labute approximate surface area is 120 Å². The lowest BCUT2D eigenvalue weighted by atomic mass is 10.0. The minimum Gasteiger partial charge on any atom is -0.399 e. The van der Waals surface area contributed by atoms with Crippen LogP contribution in [0.4, 0.5) is 11.4 Å². The van der Waals surface area contributed by atoms with E-state index in [0.717, 1.165) is 40.4 Å². The first-order chi connectivity index (χ1) is 9.72. The summed E-state index contributed by atoms with van der Waals surface area (Å²) in [4.78, 5) is 4.57. The Balaban J connectivity index is 1.77. The summed E-state index contributed by atoms with van der Waals surface area (Å²) in [6.07, 6.45) is 6.91. The molecule has 3 N–H and O–H groups in total. The third-order valence-corrected chi connectivity index (χ3v) is 4.30. The van der Waals surface area contributed by atoms with E-state index in [4.69, 9.17) is 5.73 Å². The summed E-state index contributed by atoms with van der Waals surface area (Å²) < 4.78 is 0. The molecule has 3 rings (SSSR count). The van der Waals surface area contributed by atoms with Crippen LogP contribution >= 0.6 is 0 Å². The van der Waals surface area contributed by atoms with Gasteiger partial charge in [-0.15, -0.1) is 0 Å². The van der Waals surface area contributed by atoms with E-state index in [2.05, 4.69) is 16.4 Å². The fourth-order valence-electron chi connectivity index (χ4n) is 3.23. The minimum absolute atomic E-state index is 0.794. The zero-order valence-electron chi connectivity index (χ0n) is 12.2. The number of aryl methyl sites for hydroxylation is 1. The molecule has 0 aliphatic heterocycles. The number of nitrogen functional groups attached to an aromatic ring is 1. The Bertz CT molecular complexity index is 600. The molecule has 1 aromatic heterocycles. The molecule has 0 amide bonds. The van der Waals surface area contributed by atoms with Crippen molar-refractivity contribution in [2.24, 2.45) is 5.92 Å². The highest BCUT2D eigenvalue weighted by Crippen LogP contribution is 2.29. The van der Waals surface area contributed by atoms with E-state index in [1.54, 1.807) is 0 Å². The average molecular weight is 269 g/mol. The highest BCUT2D eigenvalue weighted by Gasteiger charge is 2.14. The zero-order chi connectivity index (χ0) is 13.9. The summed E-state index contributed by atoms with van der Waals surface area (Å²) in [5.41, 5.74) is 9.92. The fraction of sp³-hybridized carbons (Fsp3) is 0.471. The Morgan fingerprint density at radius 2 is 2.05 bits per heavy atom. The lowest BCUT2D eigenvalue weighted by Crippen LogP contribution is -2.07. The summed E-state index contributed by atoms with van der Waals surface area (Å²) >= 11 is 0. The monoisotopic (exact) mass is 269 g/mol. The summed E-state index contributed by atoms with van der Waals surface area (Å²) in [6, 6.07) is 8.05. The van der Waals surface area contributed by atoms with E-state index >= 15 is 0 Å². The molecule has 20 heavy (non-hydrogen) atoms. The van der Waals surface area contributed by atoms with Crippen molar-refractivity contribution in [2.75, 3.05) is 17.6 Å². The molecule has 3 heteroatoms. The van der Waals surface area contributed by atoms with E-state index in [0.29, 0.717) is 0 Å². The molecule has 0 atom stereocenters. The number of hydrogen-bond donors (Lipinski definition) is 2. The molecule has 1 saturated carbocycles. The predicted molar refractivity (Wildman–Crippen MR) is 86.0 cm³/mol. The van der Waals surface area contributed by atoms with Crippen LogP contribution in [-0.2, 0) is 0 Å². The lowest BCUT2D eigenvalue weighted by molar-refractivity contribution is 0.519. The Morgan fingerprint density at radius 3 is 2.85 bits per heavy atom. The van der Waals surface area contributed by atoms with Crippen molar-refractivity contribution in [1.29, 1.82) is 0 Å². The number of nitrogens with two attached hydrogens (primary N) is 1. The summed E-state index contributed by atoms with van der Waals surface area (Å²) in [7, 11) is 0. The second-order valence-electron chi connectivity index (χ2n) is 5.95. The molecule has 3 nitrogen and oxygen atoms in total. The number of fused-ring (bicyclic) bond motifs is 1. The predicted octanol–water partition coefficient (Wildman–Crippen LogP) is 4.12. The molecule has 0 saturated heterocycles. The number of aromatic nitrogens is 1. The van der Waals surface area contributed by atoms with Crippen LogP contribution in [0.3, 0.4) is 0 Å². The Morgan fingerprint density at radius 1 is 1.25 bits per heavy atom. The molecule has 1 heterocycles. The van der Waals surface area contributed by atoms with Crippen LogP contribution < -0.4 is 11.1 Å².